The quantitative estimate of drug-likeness (QED) is 0.880. The predicted octanol–water partition coefficient (Wildman–Crippen LogP) is 2.44. The molecule has 2 aromatic rings. The van der Waals surface area contributed by atoms with Crippen LogP contribution in [0.25, 0.3) is 0 Å². The molecule has 1 aliphatic heterocycles. The van der Waals surface area contributed by atoms with Crippen LogP contribution in [0.5, 0.6) is 5.75 Å². The molecule has 1 atom stereocenters. The minimum atomic E-state index is -0.541. The van der Waals surface area contributed by atoms with E-state index >= 15 is 0 Å². The summed E-state index contributed by atoms with van der Waals surface area (Å²) in [5.41, 5.74) is 1.39. The number of hydrogen-bond donors (Lipinski definition) is 1. The Morgan fingerprint density at radius 2 is 1.73 bits per heavy atom. The van der Waals surface area contributed by atoms with Gasteiger partial charge in [-0.15, -0.1) is 0 Å². The molecule has 1 aliphatic rings. The van der Waals surface area contributed by atoms with Crippen molar-refractivity contribution in [2.75, 3.05) is 17.3 Å². The lowest BCUT2D eigenvalue weighted by Gasteiger charge is -2.16. The molecule has 5 nitrogen and oxygen atoms in total. The van der Waals surface area contributed by atoms with Gasteiger partial charge in [-0.05, 0) is 36.4 Å². The van der Waals surface area contributed by atoms with E-state index in [-0.39, 0.29) is 18.2 Å². The van der Waals surface area contributed by atoms with Gasteiger partial charge in [-0.25, -0.2) is 4.90 Å². The van der Waals surface area contributed by atoms with Crippen molar-refractivity contribution in [2.24, 2.45) is 0 Å². The summed E-state index contributed by atoms with van der Waals surface area (Å²) >= 11 is 0. The Hall–Kier alpha value is -2.82. The number of nitrogens with one attached hydrogen (secondary N) is 1. The van der Waals surface area contributed by atoms with Gasteiger partial charge in [0.25, 0.3) is 5.91 Å². The first kappa shape index (κ1) is 14.1. The number of nitrogens with zero attached hydrogens (tertiary/aromatic N) is 1. The third-order valence-corrected chi connectivity index (χ3v) is 3.59. The zero-order valence-electron chi connectivity index (χ0n) is 12.2. The summed E-state index contributed by atoms with van der Waals surface area (Å²) < 4.78 is 5.10. The van der Waals surface area contributed by atoms with E-state index in [1.54, 1.807) is 43.5 Å². The summed E-state index contributed by atoms with van der Waals surface area (Å²) in [6.45, 7) is 0. The lowest BCUT2D eigenvalue weighted by molar-refractivity contribution is -0.121. The fraction of sp³-hybridized carbons (Fsp3) is 0.176. The third-order valence-electron chi connectivity index (χ3n) is 3.59. The SMILES string of the molecule is COc1ccc(N[C@@H]2CC(=O)N(c3ccccc3)C2=O)cc1. The second-order valence-electron chi connectivity index (χ2n) is 5.03. The molecule has 1 heterocycles. The number of methoxy groups -OCH3 is 1. The van der Waals surface area contributed by atoms with Crippen LogP contribution in [0.15, 0.2) is 54.6 Å². The van der Waals surface area contributed by atoms with Gasteiger partial charge in [0.2, 0.25) is 5.91 Å². The molecule has 3 rings (SSSR count). The van der Waals surface area contributed by atoms with Gasteiger partial charge in [-0.1, -0.05) is 18.2 Å². The molecule has 1 fully saturated rings. The molecule has 0 saturated carbocycles. The molecule has 0 aliphatic carbocycles. The number of hydrogen-bond acceptors (Lipinski definition) is 4. The highest BCUT2D eigenvalue weighted by Crippen LogP contribution is 2.25. The van der Waals surface area contributed by atoms with E-state index in [0.717, 1.165) is 11.4 Å². The van der Waals surface area contributed by atoms with E-state index in [4.69, 9.17) is 4.74 Å². The first-order chi connectivity index (χ1) is 10.7. The fourth-order valence-electron chi connectivity index (χ4n) is 2.48. The average molecular weight is 296 g/mol. The molecule has 0 spiro atoms. The van der Waals surface area contributed by atoms with Crippen LogP contribution < -0.4 is 15.0 Å². The molecule has 1 N–H and O–H groups in total. The van der Waals surface area contributed by atoms with Gasteiger partial charge < -0.3 is 10.1 Å². The van der Waals surface area contributed by atoms with Crippen molar-refractivity contribution < 1.29 is 14.3 Å². The minimum Gasteiger partial charge on any atom is -0.497 e. The summed E-state index contributed by atoms with van der Waals surface area (Å²) in [5.74, 6) is 0.319. The fourth-order valence-corrected chi connectivity index (χ4v) is 2.48. The Kier molecular flexibility index (Phi) is 3.78. The number of amides is 2. The molecule has 5 heteroatoms. The molecule has 0 radical (unpaired) electrons. The van der Waals surface area contributed by atoms with Crippen LogP contribution in [-0.4, -0.2) is 25.0 Å². The Morgan fingerprint density at radius 1 is 1.05 bits per heavy atom. The smallest absolute Gasteiger partial charge is 0.256 e. The van der Waals surface area contributed by atoms with Crippen molar-refractivity contribution in [3.8, 4) is 5.75 Å². The van der Waals surface area contributed by atoms with Crippen molar-refractivity contribution in [1.82, 2.24) is 0 Å². The molecule has 112 valence electrons. The van der Waals surface area contributed by atoms with Crippen LogP contribution in [-0.2, 0) is 9.59 Å². The maximum atomic E-state index is 12.5. The molecule has 0 aromatic heterocycles. The number of para-hydroxylation sites is 1. The van der Waals surface area contributed by atoms with Gasteiger partial charge in [-0.3, -0.25) is 9.59 Å². The monoisotopic (exact) mass is 296 g/mol. The van der Waals surface area contributed by atoms with Crippen LogP contribution in [0.4, 0.5) is 11.4 Å². The standard InChI is InChI=1S/C17H16N2O3/c1-22-14-9-7-12(8-10-14)18-15-11-16(20)19(17(15)21)13-5-3-2-4-6-13/h2-10,15,18H,11H2,1H3/t15-/m1/s1. The summed E-state index contributed by atoms with van der Waals surface area (Å²) in [7, 11) is 1.60. The molecular formula is C17H16N2O3. The highest BCUT2D eigenvalue weighted by molar-refractivity contribution is 6.23. The van der Waals surface area contributed by atoms with Gasteiger partial charge in [0.05, 0.1) is 19.2 Å². The summed E-state index contributed by atoms with van der Waals surface area (Å²) in [6, 6.07) is 15.7. The largest absolute Gasteiger partial charge is 0.497 e. The Balaban J connectivity index is 1.76. The number of ether oxygens (including phenoxy) is 1. The van der Waals surface area contributed by atoms with E-state index in [1.165, 1.54) is 4.90 Å². The molecule has 2 aromatic carbocycles. The Morgan fingerprint density at radius 3 is 2.36 bits per heavy atom. The summed E-state index contributed by atoms with van der Waals surface area (Å²) in [4.78, 5) is 25.8. The van der Waals surface area contributed by atoms with Crippen molar-refractivity contribution >= 4 is 23.2 Å². The first-order valence-electron chi connectivity index (χ1n) is 7.01. The van der Waals surface area contributed by atoms with E-state index in [2.05, 4.69) is 5.32 Å². The number of imide groups is 1. The number of carbonyl (C=O) groups is 2. The predicted molar refractivity (Wildman–Crippen MR) is 84.0 cm³/mol. The van der Waals surface area contributed by atoms with Crippen molar-refractivity contribution in [1.29, 1.82) is 0 Å². The number of carbonyl (C=O) groups excluding carboxylic acids is 2. The van der Waals surface area contributed by atoms with Crippen molar-refractivity contribution in [3.05, 3.63) is 54.6 Å². The second kappa shape index (κ2) is 5.89. The van der Waals surface area contributed by atoms with E-state index < -0.39 is 6.04 Å². The molecule has 0 unspecified atom stereocenters. The lowest BCUT2D eigenvalue weighted by atomic mass is 10.2. The second-order valence-corrected chi connectivity index (χ2v) is 5.03. The zero-order valence-corrected chi connectivity index (χ0v) is 12.2. The number of rotatable bonds is 4. The normalized spacial score (nSPS) is 17.7. The van der Waals surface area contributed by atoms with E-state index in [9.17, 15) is 9.59 Å². The Labute approximate surface area is 128 Å². The highest BCUT2D eigenvalue weighted by atomic mass is 16.5. The topological polar surface area (TPSA) is 58.6 Å². The molecular weight excluding hydrogens is 280 g/mol. The average Bonchev–Trinajstić information content (AvgIpc) is 2.83. The van der Waals surface area contributed by atoms with Gasteiger partial charge in [0.15, 0.2) is 0 Å². The van der Waals surface area contributed by atoms with Crippen LogP contribution >= 0.6 is 0 Å². The molecule has 1 saturated heterocycles. The van der Waals surface area contributed by atoms with Gasteiger partial charge in [0.1, 0.15) is 11.8 Å². The van der Waals surface area contributed by atoms with Gasteiger partial charge >= 0.3 is 0 Å². The highest BCUT2D eigenvalue weighted by Gasteiger charge is 2.39. The summed E-state index contributed by atoms with van der Waals surface area (Å²) in [5, 5.41) is 3.10. The maximum Gasteiger partial charge on any atom is 0.256 e. The number of benzene rings is 2. The maximum absolute atomic E-state index is 12.5. The molecule has 0 bridgehead atoms. The lowest BCUT2D eigenvalue weighted by Crippen LogP contribution is -2.34. The number of anilines is 2. The van der Waals surface area contributed by atoms with Crippen LogP contribution in [0, 0.1) is 0 Å². The third kappa shape index (κ3) is 2.65. The summed E-state index contributed by atoms with van der Waals surface area (Å²) in [6.07, 6.45) is 0.153. The van der Waals surface area contributed by atoms with Crippen LogP contribution in [0.1, 0.15) is 6.42 Å². The van der Waals surface area contributed by atoms with Crippen LogP contribution in [0.2, 0.25) is 0 Å². The van der Waals surface area contributed by atoms with Crippen molar-refractivity contribution in [2.45, 2.75) is 12.5 Å². The Bertz CT molecular complexity index is 683. The van der Waals surface area contributed by atoms with Crippen LogP contribution in [0.3, 0.4) is 0 Å². The molecule has 22 heavy (non-hydrogen) atoms. The van der Waals surface area contributed by atoms with Gasteiger partial charge in [0, 0.05) is 5.69 Å². The first-order valence-corrected chi connectivity index (χ1v) is 7.01. The van der Waals surface area contributed by atoms with E-state index in [0.29, 0.717) is 5.69 Å². The minimum absolute atomic E-state index is 0.153. The molecule has 2 amide bonds. The van der Waals surface area contributed by atoms with E-state index in [1.807, 2.05) is 18.2 Å². The zero-order chi connectivity index (χ0) is 15.5. The van der Waals surface area contributed by atoms with Gasteiger partial charge in [-0.2, -0.15) is 0 Å². The van der Waals surface area contributed by atoms with Crippen molar-refractivity contribution in [3.63, 3.8) is 0 Å².